The van der Waals surface area contributed by atoms with Crippen molar-refractivity contribution in [3.63, 3.8) is 0 Å². The molecule has 0 unspecified atom stereocenters. The van der Waals surface area contributed by atoms with Crippen LogP contribution < -0.4 is 10.6 Å². The molecule has 1 aliphatic rings. The van der Waals surface area contributed by atoms with Gasteiger partial charge in [-0.25, -0.2) is 0 Å². The number of carbonyl (C=O) groups is 1. The highest BCUT2D eigenvalue weighted by molar-refractivity contribution is 5.78. The van der Waals surface area contributed by atoms with Crippen LogP contribution in [0.1, 0.15) is 31.2 Å². The van der Waals surface area contributed by atoms with Gasteiger partial charge in [-0.15, -0.1) is 0 Å². The Morgan fingerprint density at radius 3 is 2.63 bits per heavy atom. The Bertz CT molecular complexity index is 372. The standard InChI is InChI=1S/C16H24N2O/c19-16(15-9-12-17-13-10-15)18-11-5-4-8-14-6-2-1-3-7-14/h1-3,6-7,15,17H,4-5,8-13H2,(H,18,19). The van der Waals surface area contributed by atoms with Gasteiger partial charge in [0.25, 0.3) is 0 Å². The molecule has 0 spiro atoms. The average Bonchev–Trinajstić information content (AvgIpc) is 2.49. The number of benzene rings is 1. The van der Waals surface area contributed by atoms with Crippen LogP contribution in [0.15, 0.2) is 30.3 Å². The molecular formula is C16H24N2O. The number of carbonyl (C=O) groups excluding carboxylic acids is 1. The number of amides is 1. The third-order valence-electron chi connectivity index (χ3n) is 3.74. The van der Waals surface area contributed by atoms with Gasteiger partial charge in [0.15, 0.2) is 0 Å². The lowest BCUT2D eigenvalue weighted by atomic mass is 9.97. The van der Waals surface area contributed by atoms with Crippen molar-refractivity contribution in [2.24, 2.45) is 5.92 Å². The summed E-state index contributed by atoms with van der Waals surface area (Å²) in [5, 5.41) is 6.36. The van der Waals surface area contributed by atoms with Crippen molar-refractivity contribution in [1.29, 1.82) is 0 Å². The van der Waals surface area contributed by atoms with E-state index in [-0.39, 0.29) is 11.8 Å². The highest BCUT2D eigenvalue weighted by atomic mass is 16.1. The predicted molar refractivity (Wildman–Crippen MR) is 78.0 cm³/mol. The molecule has 2 N–H and O–H groups in total. The molecule has 3 heteroatoms. The second-order valence-corrected chi connectivity index (χ2v) is 5.26. The van der Waals surface area contributed by atoms with E-state index in [1.54, 1.807) is 0 Å². The van der Waals surface area contributed by atoms with Gasteiger partial charge in [0.1, 0.15) is 0 Å². The molecular weight excluding hydrogens is 236 g/mol. The lowest BCUT2D eigenvalue weighted by Crippen LogP contribution is -2.38. The molecule has 1 amide bonds. The molecule has 1 aromatic rings. The van der Waals surface area contributed by atoms with Crippen LogP contribution in [0.4, 0.5) is 0 Å². The van der Waals surface area contributed by atoms with Crippen LogP contribution in [0, 0.1) is 5.92 Å². The SMILES string of the molecule is O=C(NCCCCc1ccccc1)C1CCNCC1. The summed E-state index contributed by atoms with van der Waals surface area (Å²) >= 11 is 0. The fourth-order valence-electron chi connectivity index (χ4n) is 2.54. The number of hydrogen-bond donors (Lipinski definition) is 2. The molecule has 1 fully saturated rings. The Labute approximate surface area is 115 Å². The Hall–Kier alpha value is -1.35. The van der Waals surface area contributed by atoms with Crippen molar-refractivity contribution < 1.29 is 4.79 Å². The van der Waals surface area contributed by atoms with Gasteiger partial charge < -0.3 is 10.6 Å². The summed E-state index contributed by atoms with van der Waals surface area (Å²) < 4.78 is 0. The molecule has 1 aliphatic heterocycles. The maximum atomic E-state index is 11.9. The lowest BCUT2D eigenvalue weighted by Gasteiger charge is -2.21. The maximum absolute atomic E-state index is 11.9. The third kappa shape index (κ3) is 5.03. The second kappa shape index (κ2) is 7.95. The van der Waals surface area contributed by atoms with Crippen molar-refractivity contribution in [3.05, 3.63) is 35.9 Å². The zero-order valence-corrected chi connectivity index (χ0v) is 11.5. The normalized spacial score (nSPS) is 16.2. The minimum Gasteiger partial charge on any atom is -0.356 e. The van der Waals surface area contributed by atoms with E-state index in [2.05, 4.69) is 34.9 Å². The van der Waals surface area contributed by atoms with Gasteiger partial charge in [-0.05, 0) is 50.8 Å². The molecule has 1 aromatic carbocycles. The summed E-state index contributed by atoms with van der Waals surface area (Å²) in [5.41, 5.74) is 1.38. The van der Waals surface area contributed by atoms with Crippen molar-refractivity contribution >= 4 is 5.91 Å². The monoisotopic (exact) mass is 260 g/mol. The van der Waals surface area contributed by atoms with E-state index in [1.165, 1.54) is 5.56 Å². The van der Waals surface area contributed by atoms with Gasteiger partial charge in [-0.3, -0.25) is 4.79 Å². The first kappa shape index (κ1) is 14.1. The first-order valence-corrected chi connectivity index (χ1v) is 7.38. The average molecular weight is 260 g/mol. The zero-order valence-electron chi connectivity index (χ0n) is 11.5. The van der Waals surface area contributed by atoms with Crippen molar-refractivity contribution in [2.75, 3.05) is 19.6 Å². The van der Waals surface area contributed by atoms with Crippen LogP contribution in [-0.2, 0) is 11.2 Å². The van der Waals surface area contributed by atoms with E-state index in [1.807, 2.05) is 6.07 Å². The van der Waals surface area contributed by atoms with Crippen molar-refractivity contribution in [2.45, 2.75) is 32.1 Å². The predicted octanol–water partition coefficient (Wildman–Crippen LogP) is 2.13. The number of piperidine rings is 1. The number of nitrogens with one attached hydrogen (secondary N) is 2. The summed E-state index contributed by atoms with van der Waals surface area (Å²) in [4.78, 5) is 11.9. The fraction of sp³-hybridized carbons (Fsp3) is 0.562. The quantitative estimate of drug-likeness (QED) is 0.769. The summed E-state index contributed by atoms with van der Waals surface area (Å²) in [7, 11) is 0. The number of rotatable bonds is 6. The molecule has 0 aromatic heterocycles. The third-order valence-corrected chi connectivity index (χ3v) is 3.74. The van der Waals surface area contributed by atoms with E-state index in [0.717, 1.165) is 51.7 Å². The van der Waals surface area contributed by atoms with Gasteiger partial charge in [0.05, 0.1) is 0 Å². The van der Waals surface area contributed by atoms with E-state index in [9.17, 15) is 4.79 Å². The Morgan fingerprint density at radius 2 is 1.89 bits per heavy atom. The van der Waals surface area contributed by atoms with Gasteiger partial charge in [-0.1, -0.05) is 30.3 Å². The molecule has 104 valence electrons. The van der Waals surface area contributed by atoms with Crippen LogP contribution in [-0.4, -0.2) is 25.5 Å². The van der Waals surface area contributed by atoms with Crippen LogP contribution >= 0.6 is 0 Å². The minimum absolute atomic E-state index is 0.232. The van der Waals surface area contributed by atoms with Gasteiger partial charge in [0.2, 0.25) is 5.91 Å². The summed E-state index contributed by atoms with van der Waals surface area (Å²) in [5.74, 6) is 0.483. The van der Waals surface area contributed by atoms with Gasteiger partial charge in [-0.2, -0.15) is 0 Å². The first-order chi connectivity index (χ1) is 9.36. The molecule has 0 atom stereocenters. The largest absolute Gasteiger partial charge is 0.356 e. The van der Waals surface area contributed by atoms with Crippen molar-refractivity contribution in [3.8, 4) is 0 Å². The van der Waals surface area contributed by atoms with Crippen LogP contribution in [0.3, 0.4) is 0 Å². The van der Waals surface area contributed by atoms with Crippen LogP contribution in [0.5, 0.6) is 0 Å². The summed E-state index contributed by atoms with van der Waals surface area (Å²) in [6, 6.07) is 10.5. The number of unbranched alkanes of at least 4 members (excludes halogenated alkanes) is 1. The highest BCUT2D eigenvalue weighted by Gasteiger charge is 2.19. The Morgan fingerprint density at radius 1 is 1.16 bits per heavy atom. The van der Waals surface area contributed by atoms with Crippen LogP contribution in [0.25, 0.3) is 0 Å². The molecule has 19 heavy (non-hydrogen) atoms. The Kier molecular flexibility index (Phi) is 5.89. The molecule has 1 saturated heterocycles. The summed E-state index contributed by atoms with van der Waals surface area (Å²) in [6.45, 7) is 2.77. The molecule has 0 saturated carbocycles. The van der Waals surface area contributed by atoms with Gasteiger partial charge >= 0.3 is 0 Å². The maximum Gasteiger partial charge on any atom is 0.223 e. The van der Waals surface area contributed by atoms with Crippen LogP contribution in [0.2, 0.25) is 0 Å². The second-order valence-electron chi connectivity index (χ2n) is 5.26. The van der Waals surface area contributed by atoms with E-state index in [4.69, 9.17) is 0 Å². The van der Waals surface area contributed by atoms with Crippen molar-refractivity contribution in [1.82, 2.24) is 10.6 Å². The molecule has 0 radical (unpaired) electrons. The zero-order chi connectivity index (χ0) is 13.3. The molecule has 0 bridgehead atoms. The molecule has 1 heterocycles. The van der Waals surface area contributed by atoms with E-state index in [0.29, 0.717) is 0 Å². The van der Waals surface area contributed by atoms with Gasteiger partial charge in [0, 0.05) is 12.5 Å². The summed E-state index contributed by atoms with van der Waals surface area (Å²) in [6.07, 6.45) is 5.26. The lowest BCUT2D eigenvalue weighted by molar-refractivity contribution is -0.125. The Balaban J connectivity index is 1.55. The highest BCUT2D eigenvalue weighted by Crippen LogP contribution is 2.11. The van der Waals surface area contributed by atoms with E-state index < -0.39 is 0 Å². The topological polar surface area (TPSA) is 41.1 Å². The number of hydrogen-bond acceptors (Lipinski definition) is 2. The fourth-order valence-corrected chi connectivity index (χ4v) is 2.54. The molecule has 3 nitrogen and oxygen atoms in total. The van der Waals surface area contributed by atoms with E-state index >= 15 is 0 Å². The minimum atomic E-state index is 0.232. The molecule has 0 aliphatic carbocycles. The smallest absolute Gasteiger partial charge is 0.223 e. The first-order valence-electron chi connectivity index (χ1n) is 7.38. The number of aryl methyl sites for hydroxylation is 1. The molecule has 2 rings (SSSR count).